The minimum atomic E-state index is 0.237. The average Bonchev–Trinajstić information content (AvgIpc) is 3.38. The molecule has 0 saturated heterocycles. The van der Waals surface area contributed by atoms with Gasteiger partial charge in [0.1, 0.15) is 5.75 Å². The summed E-state index contributed by atoms with van der Waals surface area (Å²) >= 11 is 0. The number of hydrogen-bond donors (Lipinski definition) is 0. The molecule has 1 aliphatic carbocycles. The fourth-order valence-electron chi connectivity index (χ4n) is 4.11. The molecule has 28 heavy (non-hydrogen) atoms. The van der Waals surface area contributed by atoms with Gasteiger partial charge in [-0.15, -0.1) is 6.58 Å². The summed E-state index contributed by atoms with van der Waals surface area (Å²) in [6, 6.07) is 12.3. The van der Waals surface area contributed by atoms with Crippen molar-refractivity contribution in [1.82, 2.24) is 9.47 Å². The smallest absolute Gasteiger partial charge is 0.223 e. The molecular formula is C24H32N2O2. The number of ether oxygens (including phenoxy) is 1. The van der Waals surface area contributed by atoms with Gasteiger partial charge in [-0.05, 0) is 42.2 Å². The van der Waals surface area contributed by atoms with Crippen molar-refractivity contribution >= 4 is 5.91 Å². The van der Waals surface area contributed by atoms with Crippen LogP contribution in [0.4, 0.5) is 0 Å². The van der Waals surface area contributed by atoms with Crippen LogP contribution in [0.5, 0.6) is 5.75 Å². The highest BCUT2D eigenvalue weighted by Gasteiger charge is 2.19. The molecule has 1 aromatic heterocycles. The molecule has 1 aliphatic rings. The minimum Gasteiger partial charge on any atom is -0.497 e. The summed E-state index contributed by atoms with van der Waals surface area (Å²) in [6.07, 6.45) is 10.8. The first-order valence-corrected chi connectivity index (χ1v) is 10.3. The topological polar surface area (TPSA) is 34.5 Å². The molecule has 1 fully saturated rings. The van der Waals surface area contributed by atoms with E-state index in [2.05, 4.69) is 35.5 Å². The van der Waals surface area contributed by atoms with E-state index in [9.17, 15) is 4.79 Å². The fourth-order valence-corrected chi connectivity index (χ4v) is 4.11. The Balaban J connectivity index is 1.63. The molecule has 0 N–H and O–H groups in total. The van der Waals surface area contributed by atoms with E-state index in [4.69, 9.17) is 4.74 Å². The molecule has 0 unspecified atom stereocenters. The van der Waals surface area contributed by atoms with E-state index in [1.54, 1.807) is 7.11 Å². The molecule has 0 radical (unpaired) electrons. The number of aromatic nitrogens is 1. The largest absolute Gasteiger partial charge is 0.497 e. The van der Waals surface area contributed by atoms with Gasteiger partial charge >= 0.3 is 0 Å². The van der Waals surface area contributed by atoms with Crippen molar-refractivity contribution in [3.05, 3.63) is 66.5 Å². The van der Waals surface area contributed by atoms with Gasteiger partial charge in [0.25, 0.3) is 0 Å². The average molecular weight is 381 g/mol. The number of carbonyl (C=O) groups excluding carboxylic acids is 1. The van der Waals surface area contributed by atoms with E-state index >= 15 is 0 Å². The molecule has 0 bridgehead atoms. The van der Waals surface area contributed by atoms with Gasteiger partial charge in [-0.3, -0.25) is 4.79 Å². The first-order chi connectivity index (χ1) is 13.7. The van der Waals surface area contributed by atoms with Crippen LogP contribution < -0.4 is 4.74 Å². The number of amides is 1. The van der Waals surface area contributed by atoms with Crippen LogP contribution >= 0.6 is 0 Å². The molecular weight excluding hydrogens is 348 g/mol. The second kappa shape index (κ2) is 10.2. The highest BCUT2D eigenvalue weighted by molar-refractivity contribution is 5.76. The lowest BCUT2D eigenvalue weighted by atomic mass is 10.0. The molecule has 3 rings (SSSR count). The Kier molecular flexibility index (Phi) is 7.35. The van der Waals surface area contributed by atoms with Crippen LogP contribution in [-0.4, -0.2) is 29.0 Å². The van der Waals surface area contributed by atoms with Crippen LogP contribution in [0.1, 0.15) is 49.8 Å². The van der Waals surface area contributed by atoms with E-state index in [1.165, 1.54) is 31.2 Å². The Morgan fingerprint density at radius 1 is 1.29 bits per heavy atom. The van der Waals surface area contributed by atoms with Crippen molar-refractivity contribution in [1.29, 1.82) is 0 Å². The van der Waals surface area contributed by atoms with Crippen LogP contribution in [0.3, 0.4) is 0 Å². The van der Waals surface area contributed by atoms with Crippen LogP contribution in [0.15, 0.2) is 55.3 Å². The first kappa shape index (κ1) is 20.2. The van der Waals surface area contributed by atoms with Crippen molar-refractivity contribution < 1.29 is 9.53 Å². The van der Waals surface area contributed by atoms with E-state index in [0.717, 1.165) is 30.3 Å². The van der Waals surface area contributed by atoms with E-state index in [0.29, 0.717) is 19.5 Å². The number of methoxy groups -OCH3 is 1. The van der Waals surface area contributed by atoms with Gasteiger partial charge in [0.15, 0.2) is 0 Å². The van der Waals surface area contributed by atoms with Crippen LogP contribution in [0.2, 0.25) is 0 Å². The predicted octanol–water partition coefficient (Wildman–Crippen LogP) is 5.03. The fraction of sp³-hybridized carbons (Fsp3) is 0.458. The maximum Gasteiger partial charge on any atom is 0.223 e. The van der Waals surface area contributed by atoms with Gasteiger partial charge in [-0.1, -0.05) is 43.9 Å². The van der Waals surface area contributed by atoms with Gasteiger partial charge in [0.05, 0.1) is 13.7 Å². The van der Waals surface area contributed by atoms with Crippen molar-refractivity contribution in [2.45, 2.75) is 51.6 Å². The SMILES string of the molecule is C=CCN(Cc1cccn1Cc1cccc(OC)c1)C(=O)CCC1CCCC1. The molecule has 0 aliphatic heterocycles. The molecule has 2 aromatic rings. The quantitative estimate of drug-likeness (QED) is 0.542. The molecule has 4 heteroatoms. The Labute approximate surface area is 168 Å². The lowest BCUT2D eigenvalue weighted by molar-refractivity contribution is -0.131. The molecule has 0 spiro atoms. The highest BCUT2D eigenvalue weighted by atomic mass is 16.5. The van der Waals surface area contributed by atoms with Crippen molar-refractivity contribution in [2.24, 2.45) is 5.92 Å². The minimum absolute atomic E-state index is 0.237. The zero-order chi connectivity index (χ0) is 19.8. The molecule has 0 atom stereocenters. The Hall–Kier alpha value is -2.49. The summed E-state index contributed by atoms with van der Waals surface area (Å²) in [4.78, 5) is 14.8. The van der Waals surface area contributed by atoms with Gasteiger partial charge in [-0.25, -0.2) is 0 Å². The van der Waals surface area contributed by atoms with Crippen LogP contribution in [0, 0.1) is 5.92 Å². The summed E-state index contributed by atoms with van der Waals surface area (Å²) < 4.78 is 7.53. The lowest BCUT2D eigenvalue weighted by Gasteiger charge is -2.23. The van der Waals surface area contributed by atoms with Crippen LogP contribution in [-0.2, 0) is 17.9 Å². The van der Waals surface area contributed by atoms with Gasteiger partial charge in [0, 0.05) is 31.4 Å². The Bertz CT molecular complexity index is 774. The van der Waals surface area contributed by atoms with Gasteiger partial charge in [0.2, 0.25) is 5.91 Å². The van der Waals surface area contributed by atoms with Crippen molar-refractivity contribution in [3.63, 3.8) is 0 Å². The molecule has 1 aromatic carbocycles. The lowest BCUT2D eigenvalue weighted by Crippen LogP contribution is -2.31. The zero-order valence-electron chi connectivity index (χ0n) is 17.0. The third-order valence-corrected chi connectivity index (χ3v) is 5.71. The van der Waals surface area contributed by atoms with Crippen molar-refractivity contribution in [3.8, 4) is 5.75 Å². The predicted molar refractivity (Wildman–Crippen MR) is 113 cm³/mol. The third kappa shape index (κ3) is 5.51. The number of rotatable bonds is 10. The summed E-state index contributed by atoms with van der Waals surface area (Å²) in [5.74, 6) is 1.84. The number of carbonyl (C=O) groups is 1. The van der Waals surface area contributed by atoms with E-state index in [1.807, 2.05) is 29.2 Å². The molecule has 1 saturated carbocycles. The standard InChI is InChI=1S/C24H32N2O2/c1-3-15-26(24(27)14-13-20-8-4-5-9-20)19-22-11-7-16-25(22)18-21-10-6-12-23(17-21)28-2/h3,6-7,10-12,16-17,20H,1,4-5,8-9,13-15,18-19H2,2H3. The second-order valence-corrected chi connectivity index (χ2v) is 7.73. The number of benzene rings is 1. The maximum atomic E-state index is 12.8. The summed E-state index contributed by atoms with van der Waals surface area (Å²) in [5.41, 5.74) is 2.32. The molecule has 1 amide bonds. The van der Waals surface area contributed by atoms with E-state index < -0.39 is 0 Å². The molecule has 150 valence electrons. The summed E-state index contributed by atoms with van der Waals surface area (Å²) in [5, 5.41) is 0. The zero-order valence-corrected chi connectivity index (χ0v) is 17.0. The van der Waals surface area contributed by atoms with E-state index in [-0.39, 0.29) is 5.91 Å². The van der Waals surface area contributed by atoms with Crippen molar-refractivity contribution in [2.75, 3.05) is 13.7 Å². The Morgan fingerprint density at radius 3 is 2.86 bits per heavy atom. The normalized spacial score (nSPS) is 14.2. The van der Waals surface area contributed by atoms with Gasteiger partial charge in [-0.2, -0.15) is 0 Å². The Morgan fingerprint density at radius 2 is 2.11 bits per heavy atom. The number of hydrogen-bond acceptors (Lipinski definition) is 2. The third-order valence-electron chi connectivity index (χ3n) is 5.71. The summed E-state index contributed by atoms with van der Waals surface area (Å²) in [6.45, 7) is 5.81. The van der Waals surface area contributed by atoms with Gasteiger partial charge < -0.3 is 14.2 Å². The second-order valence-electron chi connectivity index (χ2n) is 7.73. The number of nitrogens with zero attached hydrogens (tertiary/aromatic N) is 2. The highest BCUT2D eigenvalue weighted by Crippen LogP contribution is 2.28. The first-order valence-electron chi connectivity index (χ1n) is 10.3. The maximum absolute atomic E-state index is 12.8. The monoisotopic (exact) mass is 380 g/mol. The molecule has 1 heterocycles. The molecule has 4 nitrogen and oxygen atoms in total. The van der Waals surface area contributed by atoms with Crippen LogP contribution in [0.25, 0.3) is 0 Å². The summed E-state index contributed by atoms with van der Waals surface area (Å²) in [7, 11) is 1.69.